The summed E-state index contributed by atoms with van der Waals surface area (Å²) in [6.45, 7) is -1.66. The van der Waals surface area contributed by atoms with Crippen LogP contribution in [0, 0.1) is 0 Å². The summed E-state index contributed by atoms with van der Waals surface area (Å²) in [6, 6.07) is 10.7. The monoisotopic (exact) mass is 356 g/mol. The first-order valence-corrected chi connectivity index (χ1v) is 7.28. The Kier molecular flexibility index (Phi) is 6.07. The molecule has 0 unspecified atom stereocenters. The predicted molar refractivity (Wildman–Crippen MR) is 80.4 cm³/mol. The van der Waals surface area contributed by atoms with E-state index in [4.69, 9.17) is 0 Å². The van der Waals surface area contributed by atoms with Crippen molar-refractivity contribution in [3.05, 3.63) is 58.3 Å². The Morgan fingerprint density at radius 1 is 1.24 bits per heavy atom. The van der Waals surface area contributed by atoms with Crippen LogP contribution in [0.5, 0.6) is 5.75 Å². The fourth-order valence-corrected chi connectivity index (χ4v) is 2.29. The molecule has 1 aromatic carbocycles. The molecule has 0 aliphatic carbocycles. The Morgan fingerprint density at radius 3 is 2.81 bits per heavy atom. The van der Waals surface area contributed by atoms with Crippen molar-refractivity contribution < 1.29 is 13.5 Å². The van der Waals surface area contributed by atoms with Crippen LogP contribution in [0.2, 0.25) is 0 Å². The van der Waals surface area contributed by atoms with Crippen LogP contribution in [-0.2, 0) is 13.0 Å². The lowest BCUT2D eigenvalue weighted by Crippen LogP contribution is -2.18. The molecule has 112 valence electrons. The molecule has 2 rings (SSSR count). The molecular weight excluding hydrogens is 342 g/mol. The number of hydrogen-bond acceptors (Lipinski definition) is 3. The molecule has 0 spiro atoms. The molecule has 0 saturated heterocycles. The van der Waals surface area contributed by atoms with Crippen LogP contribution < -0.4 is 10.1 Å². The highest BCUT2D eigenvalue weighted by molar-refractivity contribution is 9.10. The van der Waals surface area contributed by atoms with Crippen molar-refractivity contribution in [2.45, 2.75) is 19.6 Å². The Balaban J connectivity index is 1.88. The maximum absolute atomic E-state index is 12.3. The van der Waals surface area contributed by atoms with E-state index in [2.05, 4.69) is 31.0 Å². The zero-order valence-corrected chi connectivity index (χ0v) is 12.8. The summed E-state index contributed by atoms with van der Waals surface area (Å²) in [7, 11) is 0. The van der Waals surface area contributed by atoms with E-state index < -0.39 is 6.61 Å². The lowest BCUT2D eigenvalue weighted by molar-refractivity contribution is -0.0505. The maximum Gasteiger partial charge on any atom is 0.387 e. The summed E-state index contributed by atoms with van der Waals surface area (Å²) in [5.41, 5.74) is 1.67. The van der Waals surface area contributed by atoms with Crippen LogP contribution in [0.25, 0.3) is 0 Å². The van der Waals surface area contributed by atoms with Crippen LogP contribution in [0.4, 0.5) is 8.78 Å². The summed E-state index contributed by atoms with van der Waals surface area (Å²) in [5, 5.41) is 3.21. The van der Waals surface area contributed by atoms with Crippen LogP contribution in [0.3, 0.4) is 0 Å². The van der Waals surface area contributed by atoms with Gasteiger partial charge in [-0.1, -0.05) is 22.0 Å². The summed E-state index contributed by atoms with van der Waals surface area (Å²) in [6.07, 6.45) is 2.53. The van der Waals surface area contributed by atoms with Gasteiger partial charge in [0.15, 0.2) is 0 Å². The quantitative estimate of drug-likeness (QED) is 0.766. The first kappa shape index (κ1) is 15.9. The molecule has 0 aliphatic heterocycles. The van der Waals surface area contributed by atoms with Gasteiger partial charge in [-0.05, 0) is 30.3 Å². The minimum absolute atomic E-state index is 0.193. The highest BCUT2D eigenvalue weighted by atomic mass is 79.9. The Hall–Kier alpha value is -1.53. The average molecular weight is 357 g/mol. The molecule has 1 N–H and O–H groups in total. The van der Waals surface area contributed by atoms with E-state index in [-0.39, 0.29) is 5.75 Å². The fraction of sp³-hybridized carbons (Fsp3) is 0.267. The average Bonchev–Trinajstić information content (AvgIpc) is 2.47. The third-order valence-corrected chi connectivity index (χ3v) is 3.33. The van der Waals surface area contributed by atoms with E-state index in [1.54, 1.807) is 18.3 Å². The van der Waals surface area contributed by atoms with Gasteiger partial charge in [-0.25, -0.2) is 0 Å². The molecule has 1 heterocycles. The summed E-state index contributed by atoms with van der Waals surface area (Å²) in [4.78, 5) is 4.22. The van der Waals surface area contributed by atoms with Gasteiger partial charge in [0.2, 0.25) is 0 Å². The Morgan fingerprint density at radius 2 is 2.10 bits per heavy atom. The third-order valence-electron chi connectivity index (χ3n) is 2.84. The number of benzene rings is 1. The van der Waals surface area contributed by atoms with Gasteiger partial charge in [0.05, 0.1) is 0 Å². The number of ether oxygens (including phenoxy) is 1. The van der Waals surface area contributed by atoms with E-state index in [0.29, 0.717) is 18.7 Å². The lowest BCUT2D eigenvalue weighted by Gasteiger charge is -2.12. The van der Waals surface area contributed by atoms with Gasteiger partial charge in [-0.15, -0.1) is 0 Å². The van der Waals surface area contributed by atoms with Gasteiger partial charge in [0.1, 0.15) is 5.75 Å². The minimum Gasteiger partial charge on any atom is -0.434 e. The van der Waals surface area contributed by atoms with Crippen molar-refractivity contribution >= 4 is 15.9 Å². The Bertz CT molecular complexity index is 567. The van der Waals surface area contributed by atoms with Gasteiger partial charge in [0.25, 0.3) is 0 Å². The van der Waals surface area contributed by atoms with E-state index in [9.17, 15) is 8.78 Å². The number of nitrogens with zero attached hydrogens (tertiary/aromatic N) is 1. The number of pyridine rings is 1. The van der Waals surface area contributed by atoms with Gasteiger partial charge >= 0.3 is 6.61 Å². The Labute approximate surface area is 130 Å². The zero-order valence-electron chi connectivity index (χ0n) is 11.2. The van der Waals surface area contributed by atoms with Crippen molar-refractivity contribution in [1.82, 2.24) is 10.3 Å². The van der Waals surface area contributed by atoms with Gasteiger partial charge in [-0.2, -0.15) is 8.78 Å². The highest BCUT2D eigenvalue weighted by Gasteiger charge is 2.09. The van der Waals surface area contributed by atoms with Crippen LogP contribution in [-0.4, -0.2) is 18.1 Å². The molecule has 21 heavy (non-hydrogen) atoms. The molecule has 3 nitrogen and oxygen atoms in total. The normalized spacial score (nSPS) is 10.9. The van der Waals surface area contributed by atoms with Gasteiger partial charge in [-0.3, -0.25) is 4.98 Å². The molecule has 0 radical (unpaired) electrons. The SMILES string of the molecule is FC(F)Oc1ccc(Br)cc1CNCCc1ccccn1. The number of nitrogens with one attached hydrogen (secondary N) is 1. The first-order chi connectivity index (χ1) is 10.1. The second kappa shape index (κ2) is 8.05. The maximum atomic E-state index is 12.3. The highest BCUT2D eigenvalue weighted by Crippen LogP contribution is 2.24. The predicted octanol–water partition coefficient (Wildman–Crippen LogP) is 3.78. The summed E-state index contributed by atoms with van der Waals surface area (Å²) < 4.78 is 30.0. The second-order valence-corrected chi connectivity index (χ2v) is 5.29. The first-order valence-electron chi connectivity index (χ1n) is 6.49. The third kappa shape index (κ3) is 5.40. The van der Waals surface area contributed by atoms with Crippen molar-refractivity contribution in [2.24, 2.45) is 0 Å². The van der Waals surface area contributed by atoms with Crippen molar-refractivity contribution in [2.75, 3.05) is 6.54 Å². The summed E-state index contributed by atoms with van der Waals surface area (Å²) >= 11 is 3.33. The zero-order chi connectivity index (χ0) is 15.1. The molecule has 0 fully saturated rings. The van der Waals surface area contributed by atoms with Crippen molar-refractivity contribution in [3.8, 4) is 5.75 Å². The largest absolute Gasteiger partial charge is 0.434 e. The van der Waals surface area contributed by atoms with Crippen molar-refractivity contribution in [3.63, 3.8) is 0 Å². The molecule has 1 aromatic heterocycles. The number of hydrogen-bond donors (Lipinski definition) is 1. The molecule has 2 aromatic rings. The van der Waals surface area contributed by atoms with Gasteiger partial charge in [0, 0.05) is 41.4 Å². The smallest absolute Gasteiger partial charge is 0.387 e. The number of alkyl halides is 2. The fourth-order valence-electron chi connectivity index (χ4n) is 1.88. The second-order valence-electron chi connectivity index (χ2n) is 4.38. The minimum atomic E-state index is -2.82. The van der Waals surface area contributed by atoms with E-state index in [1.165, 1.54) is 6.07 Å². The molecular formula is C15H15BrF2N2O. The lowest BCUT2D eigenvalue weighted by atomic mass is 10.2. The topological polar surface area (TPSA) is 34.1 Å². The van der Waals surface area contributed by atoms with Crippen LogP contribution in [0.1, 0.15) is 11.3 Å². The number of rotatable bonds is 7. The van der Waals surface area contributed by atoms with Crippen molar-refractivity contribution in [1.29, 1.82) is 0 Å². The number of halogens is 3. The van der Waals surface area contributed by atoms with E-state index in [1.807, 2.05) is 18.2 Å². The van der Waals surface area contributed by atoms with Crippen LogP contribution >= 0.6 is 15.9 Å². The molecule has 0 aliphatic rings. The van der Waals surface area contributed by atoms with Gasteiger partial charge < -0.3 is 10.1 Å². The van der Waals surface area contributed by atoms with E-state index in [0.717, 1.165) is 16.6 Å². The molecule has 0 amide bonds. The molecule has 0 atom stereocenters. The van der Waals surface area contributed by atoms with Crippen LogP contribution in [0.15, 0.2) is 47.1 Å². The number of aromatic nitrogens is 1. The molecule has 0 saturated carbocycles. The molecule has 0 bridgehead atoms. The standard InChI is InChI=1S/C15H15BrF2N2O/c16-12-4-5-14(21-15(17)18)11(9-12)10-19-8-6-13-3-1-2-7-20-13/h1-5,7,9,15,19H,6,8,10H2. The summed E-state index contributed by atoms with van der Waals surface area (Å²) in [5.74, 6) is 0.193. The van der Waals surface area contributed by atoms with E-state index >= 15 is 0 Å². The molecule has 6 heteroatoms.